The number of ether oxygens (including phenoxy) is 2. The zero-order chi connectivity index (χ0) is 20.0. The number of hydrogen-bond donors (Lipinski definition) is 2. The molecular formula is C21H31BrN2O3. The van der Waals surface area contributed by atoms with E-state index in [1.807, 2.05) is 39.1 Å². The third-order valence-corrected chi connectivity index (χ3v) is 4.57. The number of amides is 1. The van der Waals surface area contributed by atoms with Gasteiger partial charge in [-0.2, -0.15) is 0 Å². The average Bonchev–Trinajstić information content (AvgIpc) is 2.94. The Bertz CT molecular complexity index is 749. The van der Waals surface area contributed by atoms with Gasteiger partial charge in [-0.1, -0.05) is 22.9 Å². The molecule has 2 unspecified atom stereocenters. The van der Waals surface area contributed by atoms with E-state index in [1.165, 1.54) is 0 Å². The standard InChI is InChI=1S/C21H31BrN2O3/c1-14(22)6-7-15(2)26-17-8-9-19-18(12-17)16(13-24-19)10-11-23-20(25)27-21(3,4)5/h8-9,12-15,24H,6-7,10-11H2,1-5H3,(H,23,25). The van der Waals surface area contributed by atoms with E-state index in [9.17, 15) is 4.79 Å². The fourth-order valence-electron chi connectivity index (χ4n) is 2.81. The third-order valence-electron chi connectivity index (χ3n) is 4.11. The van der Waals surface area contributed by atoms with Crippen LogP contribution in [0.4, 0.5) is 4.79 Å². The van der Waals surface area contributed by atoms with Crippen molar-refractivity contribution in [3.63, 3.8) is 0 Å². The summed E-state index contributed by atoms with van der Waals surface area (Å²) in [5.74, 6) is 0.873. The van der Waals surface area contributed by atoms with Gasteiger partial charge < -0.3 is 19.8 Å². The second-order valence-electron chi connectivity index (χ2n) is 7.99. The van der Waals surface area contributed by atoms with E-state index in [-0.39, 0.29) is 12.2 Å². The molecule has 2 N–H and O–H groups in total. The Hall–Kier alpha value is -1.69. The maximum Gasteiger partial charge on any atom is 0.407 e. The molecule has 1 aromatic heterocycles. The van der Waals surface area contributed by atoms with Crippen LogP contribution >= 0.6 is 15.9 Å². The molecule has 2 rings (SSSR count). The Morgan fingerprint density at radius 2 is 2.00 bits per heavy atom. The SMILES string of the molecule is CC(Br)CCC(C)Oc1ccc2[nH]cc(CCNC(=O)OC(C)(C)C)c2c1. The van der Waals surface area contributed by atoms with Crippen LogP contribution < -0.4 is 10.1 Å². The molecule has 0 aliphatic rings. The summed E-state index contributed by atoms with van der Waals surface area (Å²) < 4.78 is 11.3. The third kappa shape index (κ3) is 7.45. The van der Waals surface area contributed by atoms with Gasteiger partial charge in [-0.3, -0.25) is 0 Å². The lowest BCUT2D eigenvalue weighted by Crippen LogP contribution is -2.33. The van der Waals surface area contributed by atoms with Crippen LogP contribution in [0.3, 0.4) is 0 Å². The molecule has 0 fully saturated rings. The molecular weight excluding hydrogens is 408 g/mol. The molecule has 0 saturated carbocycles. The van der Waals surface area contributed by atoms with Crippen molar-refractivity contribution in [2.45, 2.75) is 70.4 Å². The molecule has 2 atom stereocenters. The average molecular weight is 439 g/mol. The highest BCUT2D eigenvalue weighted by Crippen LogP contribution is 2.25. The second kappa shape index (κ2) is 9.49. The van der Waals surface area contributed by atoms with Gasteiger partial charge in [-0.15, -0.1) is 0 Å². The van der Waals surface area contributed by atoms with Crippen LogP contribution in [0.1, 0.15) is 53.0 Å². The first-order valence-electron chi connectivity index (χ1n) is 9.51. The Balaban J connectivity index is 1.95. The zero-order valence-electron chi connectivity index (χ0n) is 16.9. The number of aromatic amines is 1. The molecule has 0 aliphatic carbocycles. The monoisotopic (exact) mass is 438 g/mol. The predicted molar refractivity (Wildman–Crippen MR) is 114 cm³/mol. The van der Waals surface area contributed by atoms with Gasteiger partial charge >= 0.3 is 6.09 Å². The first-order chi connectivity index (χ1) is 12.6. The molecule has 0 saturated heterocycles. The molecule has 1 aromatic carbocycles. The number of hydrogen-bond acceptors (Lipinski definition) is 3. The summed E-state index contributed by atoms with van der Waals surface area (Å²) in [6.45, 7) is 10.3. The predicted octanol–water partition coefficient (Wildman–Crippen LogP) is 5.57. The molecule has 150 valence electrons. The zero-order valence-corrected chi connectivity index (χ0v) is 18.5. The minimum atomic E-state index is -0.486. The molecule has 1 heterocycles. The van der Waals surface area contributed by atoms with Crippen molar-refractivity contribution in [1.82, 2.24) is 10.3 Å². The van der Waals surface area contributed by atoms with Gasteiger partial charge in [0.2, 0.25) is 0 Å². The lowest BCUT2D eigenvalue weighted by Gasteiger charge is -2.19. The van der Waals surface area contributed by atoms with E-state index < -0.39 is 5.60 Å². The minimum Gasteiger partial charge on any atom is -0.491 e. The summed E-state index contributed by atoms with van der Waals surface area (Å²) in [4.78, 5) is 15.6. The van der Waals surface area contributed by atoms with E-state index in [1.54, 1.807) is 0 Å². The number of H-pyrrole nitrogens is 1. The van der Waals surface area contributed by atoms with Gasteiger partial charge in [0.25, 0.3) is 0 Å². The van der Waals surface area contributed by atoms with E-state index in [0.29, 0.717) is 11.4 Å². The minimum absolute atomic E-state index is 0.165. The first kappa shape index (κ1) is 21.6. The Morgan fingerprint density at radius 3 is 2.67 bits per heavy atom. The maximum atomic E-state index is 11.8. The topological polar surface area (TPSA) is 63.3 Å². The molecule has 0 aliphatic heterocycles. The number of alkyl halides is 1. The number of carbonyl (C=O) groups is 1. The summed E-state index contributed by atoms with van der Waals surface area (Å²) in [5.41, 5.74) is 1.73. The van der Waals surface area contributed by atoms with Crippen molar-refractivity contribution >= 4 is 32.9 Å². The quantitative estimate of drug-likeness (QED) is 0.529. The Kier molecular flexibility index (Phi) is 7.59. The highest BCUT2D eigenvalue weighted by atomic mass is 79.9. The maximum absolute atomic E-state index is 11.8. The Labute approximate surface area is 170 Å². The molecule has 1 amide bonds. The fraction of sp³-hybridized carbons (Fsp3) is 0.571. The number of rotatable bonds is 8. The van der Waals surface area contributed by atoms with E-state index in [4.69, 9.17) is 9.47 Å². The van der Waals surface area contributed by atoms with Crippen molar-refractivity contribution < 1.29 is 14.3 Å². The molecule has 6 heteroatoms. The Morgan fingerprint density at radius 1 is 1.26 bits per heavy atom. The number of nitrogens with one attached hydrogen (secondary N) is 2. The van der Waals surface area contributed by atoms with Gasteiger partial charge in [0.1, 0.15) is 11.4 Å². The van der Waals surface area contributed by atoms with E-state index >= 15 is 0 Å². The highest BCUT2D eigenvalue weighted by molar-refractivity contribution is 9.09. The van der Waals surface area contributed by atoms with Crippen LogP contribution in [-0.2, 0) is 11.2 Å². The lowest BCUT2D eigenvalue weighted by molar-refractivity contribution is 0.0528. The number of benzene rings is 1. The molecule has 0 radical (unpaired) electrons. The van der Waals surface area contributed by atoms with Crippen molar-refractivity contribution in [1.29, 1.82) is 0 Å². The van der Waals surface area contributed by atoms with Gasteiger partial charge in [-0.05, 0) is 70.7 Å². The summed E-state index contributed by atoms with van der Waals surface area (Å²) in [6.07, 6.45) is 4.57. The van der Waals surface area contributed by atoms with Gasteiger partial charge in [0.15, 0.2) is 0 Å². The van der Waals surface area contributed by atoms with Gasteiger partial charge in [-0.25, -0.2) is 4.79 Å². The van der Waals surface area contributed by atoms with Crippen LogP contribution in [-0.4, -0.2) is 34.2 Å². The van der Waals surface area contributed by atoms with Crippen LogP contribution in [0, 0.1) is 0 Å². The molecule has 2 aromatic rings. The number of alkyl carbamates (subject to hydrolysis) is 1. The fourth-order valence-corrected chi connectivity index (χ4v) is 3.07. The van der Waals surface area contributed by atoms with Gasteiger partial charge in [0.05, 0.1) is 6.10 Å². The van der Waals surface area contributed by atoms with Crippen LogP contribution in [0.15, 0.2) is 24.4 Å². The number of fused-ring (bicyclic) bond motifs is 1. The van der Waals surface area contributed by atoms with Crippen LogP contribution in [0.5, 0.6) is 5.75 Å². The van der Waals surface area contributed by atoms with E-state index in [2.05, 4.69) is 46.1 Å². The summed E-state index contributed by atoms with van der Waals surface area (Å²) in [5, 5.41) is 3.93. The number of halogens is 1. The van der Waals surface area contributed by atoms with Crippen molar-refractivity contribution in [3.05, 3.63) is 30.0 Å². The number of carbonyl (C=O) groups excluding carboxylic acids is 1. The molecule has 5 nitrogen and oxygen atoms in total. The highest BCUT2D eigenvalue weighted by Gasteiger charge is 2.16. The van der Waals surface area contributed by atoms with Gasteiger partial charge in [0, 0.05) is 28.5 Å². The largest absolute Gasteiger partial charge is 0.491 e. The molecule has 27 heavy (non-hydrogen) atoms. The van der Waals surface area contributed by atoms with Crippen molar-refractivity contribution in [2.24, 2.45) is 0 Å². The lowest BCUT2D eigenvalue weighted by atomic mass is 10.1. The van der Waals surface area contributed by atoms with Crippen LogP contribution in [0.25, 0.3) is 10.9 Å². The summed E-state index contributed by atoms with van der Waals surface area (Å²) in [6, 6.07) is 6.10. The first-order valence-corrected chi connectivity index (χ1v) is 10.4. The summed E-state index contributed by atoms with van der Waals surface area (Å²) in [7, 11) is 0. The molecule has 0 spiro atoms. The normalized spacial score (nSPS) is 14.0. The van der Waals surface area contributed by atoms with Crippen LogP contribution in [0.2, 0.25) is 0 Å². The van der Waals surface area contributed by atoms with Crippen molar-refractivity contribution in [3.8, 4) is 5.75 Å². The van der Waals surface area contributed by atoms with Crippen molar-refractivity contribution in [2.75, 3.05) is 6.54 Å². The summed E-state index contributed by atoms with van der Waals surface area (Å²) >= 11 is 3.58. The molecule has 0 bridgehead atoms. The number of aromatic nitrogens is 1. The van der Waals surface area contributed by atoms with E-state index in [0.717, 1.165) is 41.5 Å². The second-order valence-corrected chi connectivity index (χ2v) is 9.55. The smallest absolute Gasteiger partial charge is 0.407 e.